The lowest BCUT2D eigenvalue weighted by atomic mass is 10.2. The third kappa shape index (κ3) is 1.52. The molecule has 0 N–H and O–H groups in total. The van der Waals surface area contributed by atoms with Gasteiger partial charge in [-0.15, -0.1) is 0 Å². The molecule has 2 fully saturated rings. The first-order valence-electron chi connectivity index (χ1n) is 5.75. The van der Waals surface area contributed by atoms with Crippen molar-refractivity contribution < 1.29 is 4.74 Å². The van der Waals surface area contributed by atoms with Crippen molar-refractivity contribution in [1.29, 1.82) is 0 Å². The van der Waals surface area contributed by atoms with Crippen LogP contribution >= 0.6 is 0 Å². The van der Waals surface area contributed by atoms with Gasteiger partial charge in [0.15, 0.2) is 0 Å². The van der Waals surface area contributed by atoms with Gasteiger partial charge in [-0.25, -0.2) is 4.98 Å². The van der Waals surface area contributed by atoms with Crippen LogP contribution in [-0.2, 0) is 4.74 Å². The van der Waals surface area contributed by atoms with Crippen LogP contribution in [0.5, 0.6) is 0 Å². The quantitative estimate of drug-likeness (QED) is 0.756. The Balaban J connectivity index is 1.94. The summed E-state index contributed by atoms with van der Waals surface area (Å²) in [6.07, 6.45) is 3.37. The van der Waals surface area contributed by atoms with Crippen LogP contribution in [0.4, 0.5) is 5.82 Å². The number of aromatic nitrogens is 1. The van der Waals surface area contributed by atoms with Gasteiger partial charge in [0.05, 0.1) is 24.4 Å². The summed E-state index contributed by atoms with van der Waals surface area (Å²) in [6, 6.07) is 4.73. The number of morpholine rings is 1. The molecule has 1 aromatic rings. The summed E-state index contributed by atoms with van der Waals surface area (Å²) in [5, 5.41) is 0. The molecule has 2 atom stereocenters. The number of nitrogens with zero attached hydrogens (tertiary/aromatic N) is 2. The van der Waals surface area contributed by atoms with Gasteiger partial charge < -0.3 is 9.64 Å². The topological polar surface area (TPSA) is 25.4 Å². The van der Waals surface area contributed by atoms with Gasteiger partial charge in [0, 0.05) is 6.54 Å². The van der Waals surface area contributed by atoms with Gasteiger partial charge in [0.2, 0.25) is 0 Å². The molecule has 2 aliphatic heterocycles. The fourth-order valence-corrected chi connectivity index (χ4v) is 2.61. The first-order chi connectivity index (χ1) is 7.76. The summed E-state index contributed by atoms with van der Waals surface area (Å²) < 4.78 is 5.60. The van der Waals surface area contributed by atoms with Crippen molar-refractivity contribution in [1.82, 2.24) is 4.98 Å². The first-order valence-corrected chi connectivity index (χ1v) is 5.75. The average Bonchev–Trinajstić information content (AvgIpc) is 2.89. The highest BCUT2D eigenvalue weighted by Gasteiger charge is 2.39. The second-order valence-corrected chi connectivity index (χ2v) is 4.63. The average molecular weight is 216 g/mol. The molecule has 0 spiro atoms. The van der Waals surface area contributed by atoms with Gasteiger partial charge in [-0.3, -0.25) is 0 Å². The number of hydrogen-bond acceptors (Lipinski definition) is 3. The molecule has 2 saturated heterocycles. The molecule has 1 aromatic heterocycles. The van der Waals surface area contributed by atoms with Gasteiger partial charge in [-0.2, -0.15) is 0 Å². The Morgan fingerprint density at radius 1 is 1.56 bits per heavy atom. The van der Waals surface area contributed by atoms with Crippen molar-refractivity contribution in [2.45, 2.75) is 25.5 Å². The molecular weight excluding hydrogens is 200 g/mol. The van der Waals surface area contributed by atoms with Gasteiger partial charge in [-0.1, -0.05) is 6.58 Å². The Bertz CT molecular complexity index is 430. The van der Waals surface area contributed by atoms with Crippen LogP contribution in [0.2, 0.25) is 0 Å². The molecule has 16 heavy (non-hydrogen) atoms. The molecule has 84 valence electrons. The number of pyridine rings is 1. The van der Waals surface area contributed by atoms with E-state index in [4.69, 9.17) is 4.74 Å². The highest BCUT2D eigenvalue weighted by atomic mass is 16.5. The Hall–Kier alpha value is -1.35. The van der Waals surface area contributed by atoms with Crippen LogP contribution in [-0.4, -0.2) is 30.3 Å². The van der Waals surface area contributed by atoms with Crippen molar-refractivity contribution in [2.24, 2.45) is 0 Å². The summed E-state index contributed by atoms with van der Waals surface area (Å²) in [5.74, 6) is 1.07. The lowest BCUT2D eigenvalue weighted by Crippen LogP contribution is -2.37. The molecule has 0 radical (unpaired) electrons. The zero-order valence-corrected chi connectivity index (χ0v) is 9.52. The molecule has 3 rings (SSSR count). The minimum atomic E-state index is 0.416. The lowest BCUT2D eigenvalue weighted by Gasteiger charge is -2.28. The summed E-state index contributed by atoms with van der Waals surface area (Å²) >= 11 is 0. The maximum Gasteiger partial charge on any atom is 0.129 e. The third-order valence-corrected chi connectivity index (χ3v) is 3.38. The van der Waals surface area contributed by atoms with Gasteiger partial charge in [-0.05, 0) is 37.1 Å². The molecule has 2 bridgehead atoms. The van der Waals surface area contributed by atoms with Crippen LogP contribution in [0.1, 0.15) is 17.7 Å². The smallest absolute Gasteiger partial charge is 0.129 e. The Labute approximate surface area is 95.7 Å². The third-order valence-electron chi connectivity index (χ3n) is 3.38. The van der Waals surface area contributed by atoms with Crippen LogP contribution in [0.3, 0.4) is 0 Å². The van der Waals surface area contributed by atoms with Gasteiger partial charge >= 0.3 is 0 Å². The van der Waals surface area contributed by atoms with Crippen molar-refractivity contribution in [3.63, 3.8) is 0 Å². The minimum Gasteiger partial charge on any atom is -0.374 e. The highest BCUT2D eigenvalue weighted by Crippen LogP contribution is 2.31. The van der Waals surface area contributed by atoms with E-state index in [0.29, 0.717) is 12.1 Å². The van der Waals surface area contributed by atoms with E-state index in [1.807, 2.05) is 0 Å². The van der Waals surface area contributed by atoms with E-state index in [-0.39, 0.29) is 0 Å². The lowest BCUT2D eigenvalue weighted by molar-refractivity contribution is 0.0989. The van der Waals surface area contributed by atoms with E-state index in [2.05, 4.69) is 35.5 Å². The second-order valence-electron chi connectivity index (χ2n) is 4.63. The largest absolute Gasteiger partial charge is 0.374 e. The van der Waals surface area contributed by atoms with Gasteiger partial charge in [0.1, 0.15) is 5.82 Å². The number of ether oxygens (including phenoxy) is 1. The van der Waals surface area contributed by atoms with E-state index >= 15 is 0 Å². The predicted molar refractivity (Wildman–Crippen MR) is 64.6 cm³/mol. The molecule has 2 aliphatic rings. The van der Waals surface area contributed by atoms with E-state index in [9.17, 15) is 0 Å². The van der Waals surface area contributed by atoms with E-state index in [1.54, 1.807) is 6.08 Å². The monoisotopic (exact) mass is 216 g/mol. The van der Waals surface area contributed by atoms with Crippen molar-refractivity contribution >= 4 is 11.9 Å². The molecule has 3 heteroatoms. The van der Waals surface area contributed by atoms with Crippen LogP contribution < -0.4 is 4.90 Å². The Morgan fingerprint density at radius 3 is 3.06 bits per heavy atom. The van der Waals surface area contributed by atoms with Crippen LogP contribution in [0.25, 0.3) is 6.08 Å². The second kappa shape index (κ2) is 3.59. The normalized spacial score (nSPS) is 27.4. The number of fused-ring (bicyclic) bond motifs is 2. The van der Waals surface area contributed by atoms with E-state index in [1.165, 1.54) is 5.56 Å². The molecule has 0 aromatic carbocycles. The zero-order valence-electron chi connectivity index (χ0n) is 9.52. The summed E-state index contributed by atoms with van der Waals surface area (Å²) in [6.45, 7) is 7.72. The predicted octanol–water partition coefficient (Wildman–Crippen LogP) is 2.01. The minimum absolute atomic E-state index is 0.416. The first kappa shape index (κ1) is 9.85. The summed E-state index contributed by atoms with van der Waals surface area (Å²) in [4.78, 5) is 6.97. The van der Waals surface area contributed by atoms with Gasteiger partial charge in [0.25, 0.3) is 0 Å². The highest BCUT2D eigenvalue weighted by molar-refractivity contribution is 5.52. The maximum atomic E-state index is 5.60. The van der Waals surface area contributed by atoms with Crippen molar-refractivity contribution in [2.75, 3.05) is 18.1 Å². The molecule has 0 amide bonds. The molecule has 3 nitrogen and oxygen atoms in total. The number of aryl methyl sites for hydroxylation is 1. The van der Waals surface area contributed by atoms with Crippen molar-refractivity contribution in [3.8, 4) is 0 Å². The SMILES string of the molecule is C=Cc1cc(C)cc(N2CC3CC2CO3)n1. The maximum absolute atomic E-state index is 5.60. The standard InChI is InChI=1S/C13H16N2O/c1-3-10-4-9(2)5-13(14-10)15-7-12-6-11(15)8-16-12/h3-5,11-12H,1,6-8H2,2H3. The Kier molecular flexibility index (Phi) is 2.21. The van der Waals surface area contributed by atoms with Crippen LogP contribution in [0, 0.1) is 6.92 Å². The molecule has 3 heterocycles. The number of hydrogen-bond donors (Lipinski definition) is 0. The number of rotatable bonds is 2. The molecule has 0 saturated carbocycles. The number of anilines is 1. The molecule has 2 unspecified atom stereocenters. The zero-order chi connectivity index (χ0) is 11.1. The fourth-order valence-electron chi connectivity index (χ4n) is 2.61. The van der Waals surface area contributed by atoms with E-state index < -0.39 is 0 Å². The molecular formula is C13H16N2O. The van der Waals surface area contributed by atoms with Crippen LogP contribution in [0.15, 0.2) is 18.7 Å². The summed E-state index contributed by atoms with van der Waals surface area (Å²) in [7, 11) is 0. The summed E-state index contributed by atoms with van der Waals surface area (Å²) in [5.41, 5.74) is 2.20. The van der Waals surface area contributed by atoms with Crippen molar-refractivity contribution in [3.05, 3.63) is 30.0 Å². The van der Waals surface area contributed by atoms with E-state index in [0.717, 1.165) is 31.1 Å². The molecule has 0 aliphatic carbocycles. The fraction of sp³-hybridized carbons (Fsp3) is 0.462. The Morgan fingerprint density at radius 2 is 2.44 bits per heavy atom.